The lowest BCUT2D eigenvalue weighted by Crippen LogP contribution is -2.34. The van der Waals surface area contributed by atoms with E-state index in [0.717, 1.165) is 29.9 Å². The van der Waals surface area contributed by atoms with Gasteiger partial charge in [0.1, 0.15) is 0 Å². The Hall–Kier alpha value is -0.910. The van der Waals surface area contributed by atoms with E-state index in [2.05, 4.69) is 10.0 Å². The third kappa shape index (κ3) is 4.53. The highest BCUT2D eigenvalue weighted by molar-refractivity contribution is 7.89. The van der Waals surface area contributed by atoms with E-state index in [4.69, 9.17) is 0 Å². The van der Waals surface area contributed by atoms with E-state index in [0.29, 0.717) is 11.4 Å². The lowest BCUT2D eigenvalue weighted by atomic mass is 10.1. The maximum atomic E-state index is 12.5. The zero-order valence-electron chi connectivity index (χ0n) is 13.1. The molecule has 1 saturated carbocycles. The zero-order valence-corrected chi connectivity index (χ0v) is 14.0. The van der Waals surface area contributed by atoms with Gasteiger partial charge in [0, 0.05) is 12.6 Å². The van der Waals surface area contributed by atoms with Crippen LogP contribution in [0.25, 0.3) is 0 Å². The van der Waals surface area contributed by atoms with Crippen LogP contribution >= 0.6 is 0 Å². The van der Waals surface area contributed by atoms with Gasteiger partial charge in [0.2, 0.25) is 10.0 Å². The Labute approximate surface area is 128 Å². The first kappa shape index (κ1) is 16.5. The Bertz CT molecular complexity index is 580. The lowest BCUT2D eigenvalue weighted by Gasteiger charge is -2.17. The van der Waals surface area contributed by atoms with Gasteiger partial charge < -0.3 is 5.32 Å². The van der Waals surface area contributed by atoms with Crippen LogP contribution in [0.5, 0.6) is 0 Å². The van der Waals surface area contributed by atoms with Gasteiger partial charge in [0.25, 0.3) is 0 Å². The maximum Gasteiger partial charge on any atom is 0.240 e. The van der Waals surface area contributed by atoms with Gasteiger partial charge in [-0.05, 0) is 56.0 Å². The van der Waals surface area contributed by atoms with Crippen molar-refractivity contribution in [2.75, 3.05) is 7.05 Å². The molecule has 0 aliphatic heterocycles. The molecule has 0 radical (unpaired) electrons. The van der Waals surface area contributed by atoms with Gasteiger partial charge >= 0.3 is 0 Å². The molecule has 0 spiro atoms. The molecule has 118 valence electrons. The van der Waals surface area contributed by atoms with E-state index in [1.807, 2.05) is 27.0 Å². The maximum absolute atomic E-state index is 12.5. The van der Waals surface area contributed by atoms with E-state index in [1.54, 1.807) is 12.1 Å². The summed E-state index contributed by atoms with van der Waals surface area (Å²) in [5.41, 5.74) is 2.13. The minimum Gasteiger partial charge on any atom is -0.316 e. The molecule has 0 amide bonds. The molecule has 0 heterocycles. The molecule has 1 atom stereocenters. The molecular weight excluding hydrogens is 284 g/mol. The van der Waals surface area contributed by atoms with Crippen LogP contribution in [0.1, 0.15) is 43.7 Å². The fourth-order valence-corrected chi connectivity index (χ4v) is 3.92. The molecular formula is C16H26N2O2S. The standard InChI is InChI=1S/C16H26N2O2S/c1-4-15(9-13-6-7-13)18-21(19,20)16-8-5-12(2)14(10-16)11-17-3/h5,8,10,13,15,17-18H,4,6-7,9,11H2,1-3H3. The predicted molar refractivity (Wildman–Crippen MR) is 85.7 cm³/mol. The smallest absolute Gasteiger partial charge is 0.240 e. The number of rotatable bonds is 8. The van der Waals surface area contributed by atoms with Gasteiger partial charge in [-0.15, -0.1) is 0 Å². The summed E-state index contributed by atoms with van der Waals surface area (Å²) < 4.78 is 28.0. The number of hydrogen-bond acceptors (Lipinski definition) is 3. The molecule has 0 saturated heterocycles. The summed E-state index contributed by atoms with van der Waals surface area (Å²) in [4.78, 5) is 0.368. The van der Waals surface area contributed by atoms with E-state index >= 15 is 0 Å². The Morgan fingerprint density at radius 3 is 2.62 bits per heavy atom. The Kier molecular flexibility index (Phi) is 5.41. The highest BCUT2D eigenvalue weighted by atomic mass is 32.2. The summed E-state index contributed by atoms with van der Waals surface area (Å²) in [5, 5.41) is 3.07. The minimum absolute atomic E-state index is 0.0524. The van der Waals surface area contributed by atoms with Crippen LogP contribution in [0, 0.1) is 12.8 Å². The van der Waals surface area contributed by atoms with Crippen molar-refractivity contribution in [1.82, 2.24) is 10.0 Å². The van der Waals surface area contributed by atoms with Crippen molar-refractivity contribution in [2.45, 2.75) is 57.0 Å². The van der Waals surface area contributed by atoms with Crippen molar-refractivity contribution in [3.63, 3.8) is 0 Å². The molecule has 2 N–H and O–H groups in total. The molecule has 0 aromatic heterocycles. The first-order chi connectivity index (χ1) is 9.96. The quantitative estimate of drug-likeness (QED) is 0.776. The second-order valence-corrected chi connectivity index (χ2v) is 7.74. The molecule has 1 unspecified atom stereocenters. The van der Waals surface area contributed by atoms with Gasteiger partial charge in [-0.1, -0.05) is 25.8 Å². The molecule has 21 heavy (non-hydrogen) atoms. The van der Waals surface area contributed by atoms with Crippen molar-refractivity contribution in [3.8, 4) is 0 Å². The summed E-state index contributed by atoms with van der Waals surface area (Å²) in [6, 6.07) is 5.40. The second-order valence-electron chi connectivity index (χ2n) is 6.02. The van der Waals surface area contributed by atoms with Crippen LogP contribution in [0.3, 0.4) is 0 Å². The van der Waals surface area contributed by atoms with E-state index < -0.39 is 10.0 Å². The van der Waals surface area contributed by atoms with Crippen molar-refractivity contribution in [2.24, 2.45) is 5.92 Å². The molecule has 1 aliphatic rings. The van der Waals surface area contributed by atoms with E-state index in [-0.39, 0.29) is 6.04 Å². The number of aryl methyl sites for hydroxylation is 1. The molecule has 4 nitrogen and oxygen atoms in total. The predicted octanol–water partition coefficient (Wildman–Crippen LogP) is 2.57. The fourth-order valence-electron chi connectivity index (χ4n) is 2.54. The third-order valence-corrected chi connectivity index (χ3v) is 5.65. The van der Waals surface area contributed by atoms with Crippen molar-refractivity contribution in [1.29, 1.82) is 0 Å². The third-order valence-electron chi connectivity index (χ3n) is 4.13. The highest BCUT2D eigenvalue weighted by Crippen LogP contribution is 2.34. The highest BCUT2D eigenvalue weighted by Gasteiger charge is 2.27. The monoisotopic (exact) mass is 310 g/mol. The average molecular weight is 310 g/mol. The molecule has 2 rings (SSSR count). The van der Waals surface area contributed by atoms with Gasteiger partial charge in [-0.3, -0.25) is 0 Å². The molecule has 0 bridgehead atoms. The first-order valence-electron chi connectivity index (χ1n) is 7.72. The number of benzene rings is 1. The SMILES string of the molecule is CCC(CC1CC1)NS(=O)(=O)c1ccc(C)c(CNC)c1. The Balaban J connectivity index is 2.15. The van der Waals surface area contributed by atoms with Gasteiger partial charge in [0.15, 0.2) is 0 Å². The summed E-state index contributed by atoms with van der Waals surface area (Å²) in [7, 11) is -1.56. The largest absolute Gasteiger partial charge is 0.316 e. The Morgan fingerprint density at radius 1 is 1.33 bits per heavy atom. The van der Waals surface area contributed by atoms with Crippen LogP contribution in [0.2, 0.25) is 0 Å². The molecule has 5 heteroatoms. The van der Waals surface area contributed by atoms with Crippen LogP contribution in [-0.2, 0) is 16.6 Å². The first-order valence-corrected chi connectivity index (χ1v) is 9.21. The summed E-state index contributed by atoms with van der Waals surface area (Å²) in [6.07, 6.45) is 4.29. The van der Waals surface area contributed by atoms with E-state index in [9.17, 15) is 8.42 Å². The minimum atomic E-state index is -3.42. The molecule has 1 aliphatic carbocycles. The van der Waals surface area contributed by atoms with Crippen LogP contribution in [-0.4, -0.2) is 21.5 Å². The topological polar surface area (TPSA) is 58.2 Å². The van der Waals surface area contributed by atoms with Crippen LogP contribution < -0.4 is 10.0 Å². The molecule has 1 aromatic rings. The number of hydrogen-bond donors (Lipinski definition) is 2. The van der Waals surface area contributed by atoms with Gasteiger partial charge in [0.05, 0.1) is 4.90 Å². The number of sulfonamides is 1. The number of nitrogens with one attached hydrogen (secondary N) is 2. The molecule has 1 aromatic carbocycles. The van der Waals surface area contributed by atoms with Crippen LogP contribution in [0.15, 0.2) is 23.1 Å². The van der Waals surface area contributed by atoms with Gasteiger partial charge in [-0.25, -0.2) is 13.1 Å². The van der Waals surface area contributed by atoms with E-state index in [1.165, 1.54) is 12.8 Å². The Morgan fingerprint density at radius 2 is 2.05 bits per heavy atom. The van der Waals surface area contributed by atoms with Crippen molar-refractivity contribution in [3.05, 3.63) is 29.3 Å². The van der Waals surface area contributed by atoms with Crippen LogP contribution in [0.4, 0.5) is 0 Å². The summed E-state index contributed by atoms with van der Waals surface area (Å²) in [5.74, 6) is 0.718. The van der Waals surface area contributed by atoms with Crippen molar-refractivity contribution >= 4 is 10.0 Å². The zero-order chi connectivity index (χ0) is 15.5. The van der Waals surface area contributed by atoms with Gasteiger partial charge in [-0.2, -0.15) is 0 Å². The fraction of sp³-hybridized carbons (Fsp3) is 0.625. The normalized spacial score (nSPS) is 16.9. The average Bonchev–Trinajstić information content (AvgIpc) is 3.24. The lowest BCUT2D eigenvalue weighted by molar-refractivity contribution is 0.495. The van der Waals surface area contributed by atoms with Crippen molar-refractivity contribution < 1.29 is 8.42 Å². The summed E-state index contributed by atoms with van der Waals surface area (Å²) >= 11 is 0. The summed E-state index contributed by atoms with van der Waals surface area (Å²) in [6.45, 7) is 4.71. The molecule has 1 fully saturated rings. The second kappa shape index (κ2) is 6.90.